The Morgan fingerprint density at radius 3 is 2.03 bits per heavy atom. The van der Waals surface area contributed by atoms with Crippen molar-refractivity contribution in [3.05, 3.63) is 0 Å². The number of fused-ring (bicyclic) bond motifs is 3. The minimum Gasteiger partial charge on any atom is -0.303 e. The van der Waals surface area contributed by atoms with Crippen molar-refractivity contribution in [3.8, 4) is 12.8 Å². The Hall–Kier alpha value is -0.770. The minimum absolute atomic E-state index is 0.418. The highest BCUT2D eigenvalue weighted by Crippen LogP contribution is 2.64. The summed E-state index contributed by atoms with van der Waals surface area (Å²) in [6.07, 6.45) is 23.8. The van der Waals surface area contributed by atoms with Crippen molar-refractivity contribution in [2.75, 3.05) is 0 Å². The van der Waals surface area contributed by atoms with Crippen molar-refractivity contribution < 1.29 is 4.79 Å². The number of hydrogen-bond acceptors (Lipinski definition) is 1. The second kappa shape index (κ2) is 15.9. The highest BCUT2D eigenvalue weighted by molar-refractivity contribution is 5.50. The highest BCUT2D eigenvalue weighted by atomic mass is 16.1. The number of carbonyl (C=O) groups excluding carboxylic acids is 1. The van der Waals surface area contributed by atoms with Crippen LogP contribution in [0.25, 0.3) is 0 Å². The predicted octanol–water partition coefficient (Wildman–Crippen LogP) is 9.20. The van der Waals surface area contributed by atoms with E-state index in [1.807, 2.05) is 13.8 Å². The van der Waals surface area contributed by atoms with Crippen LogP contribution in [0.3, 0.4) is 0 Å². The third kappa shape index (κ3) is 7.11. The van der Waals surface area contributed by atoms with Gasteiger partial charge in [-0.1, -0.05) is 87.5 Å². The van der Waals surface area contributed by atoms with Gasteiger partial charge in [-0.25, -0.2) is 0 Å². The zero-order valence-electron chi connectivity index (χ0n) is 22.5. The molecule has 3 aliphatic rings. The monoisotopic (exact) mass is 432 g/mol. The third-order valence-corrected chi connectivity index (χ3v) is 8.75. The maximum Gasteiger partial charge on any atom is 0.120 e. The number of rotatable bonds is 6. The van der Waals surface area contributed by atoms with Gasteiger partial charge in [0.15, 0.2) is 0 Å². The van der Waals surface area contributed by atoms with E-state index in [4.69, 9.17) is 0 Å². The van der Waals surface area contributed by atoms with Crippen molar-refractivity contribution in [2.45, 2.75) is 126 Å². The van der Waals surface area contributed by atoms with E-state index in [1.165, 1.54) is 70.5 Å². The van der Waals surface area contributed by atoms with Crippen LogP contribution < -0.4 is 0 Å². The van der Waals surface area contributed by atoms with Gasteiger partial charge in [0.05, 0.1) is 0 Å². The van der Waals surface area contributed by atoms with Gasteiger partial charge in [0.2, 0.25) is 0 Å². The zero-order chi connectivity index (χ0) is 24.0. The Morgan fingerprint density at radius 2 is 1.52 bits per heavy atom. The Bertz CT molecular complexity index is 480. The molecule has 8 unspecified atom stereocenters. The van der Waals surface area contributed by atoms with Gasteiger partial charge >= 0.3 is 0 Å². The molecule has 3 fully saturated rings. The fourth-order valence-electron chi connectivity index (χ4n) is 7.78. The van der Waals surface area contributed by atoms with Crippen molar-refractivity contribution >= 4 is 6.29 Å². The summed E-state index contributed by atoms with van der Waals surface area (Å²) < 4.78 is 0. The van der Waals surface area contributed by atoms with Crippen LogP contribution in [0.4, 0.5) is 0 Å². The molecule has 0 bridgehead atoms. The third-order valence-electron chi connectivity index (χ3n) is 8.75. The van der Waals surface area contributed by atoms with Gasteiger partial charge in [0.1, 0.15) is 6.29 Å². The minimum atomic E-state index is 0.418. The van der Waals surface area contributed by atoms with E-state index in [-0.39, 0.29) is 0 Å². The van der Waals surface area contributed by atoms with Crippen molar-refractivity contribution in [2.24, 2.45) is 46.8 Å². The molecule has 1 nitrogen and oxygen atoms in total. The molecule has 0 N–H and O–H groups in total. The second-order valence-electron chi connectivity index (χ2n) is 10.5. The zero-order valence-corrected chi connectivity index (χ0v) is 22.5. The van der Waals surface area contributed by atoms with E-state index in [0.717, 1.165) is 41.9 Å². The molecule has 0 saturated heterocycles. The molecule has 8 atom stereocenters. The fourth-order valence-corrected chi connectivity index (χ4v) is 7.78. The highest BCUT2D eigenvalue weighted by Gasteiger charge is 2.56. The van der Waals surface area contributed by atoms with E-state index in [9.17, 15) is 4.79 Å². The van der Waals surface area contributed by atoms with Gasteiger partial charge in [-0.3, -0.25) is 0 Å². The van der Waals surface area contributed by atoms with E-state index in [0.29, 0.717) is 11.3 Å². The van der Waals surface area contributed by atoms with Crippen LogP contribution in [0, 0.1) is 59.7 Å². The normalized spacial score (nSPS) is 37.9. The van der Waals surface area contributed by atoms with Crippen LogP contribution in [0.1, 0.15) is 126 Å². The number of carbonyl (C=O) groups is 1. The average molecular weight is 433 g/mol. The Morgan fingerprint density at radius 1 is 0.935 bits per heavy atom. The molecule has 31 heavy (non-hydrogen) atoms. The maximum atomic E-state index is 11.4. The van der Waals surface area contributed by atoms with Crippen LogP contribution in [-0.2, 0) is 4.79 Å². The smallest absolute Gasteiger partial charge is 0.120 e. The van der Waals surface area contributed by atoms with Gasteiger partial charge in [0.25, 0.3) is 0 Å². The van der Waals surface area contributed by atoms with E-state index in [2.05, 4.69) is 54.4 Å². The van der Waals surface area contributed by atoms with Crippen LogP contribution in [-0.4, -0.2) is 6.29 Å². The Balaban J connectivity index is 0.00000116. The number of hydrogen-bond donors (Lipinski definition) is 0. The maximum absolute atomic E-state index is 11.4. The van der Waals surface area contributed by atoms with E-state index in [1.54, 1.807) is 0 Å². The lowest BCUT2D eigenvalue weighted by molar-refractivity contribution is -0.122. The summed E-state index contributed by atoms with van der Waals surface area (Å²) in [5, 5.41) is 0. The summed E-state index contributed by atoms with van der Waals surface area (Å²) in [5.74, 6) is 6.37. The molecule has 1 heteroatoms. The lowest BCUT2D eigenvalue weighted by atomic mass is 9.45. The van der Waals surface area contributed by atoms with Crippen LogP contribution in [0.5, 0.6) is 0 Å². The summed E-state index contributed by atoms with van der Waals surface area (Å²) >= 11 is 0. The molecule has 0 amide bonds. The molecular formula is C30H56O. The molecule has 0 aromatic carbocycles. The summed E-state index contributed by atoms with van der Waals surface area (Å²) in [6, 6.07) is 0. The molecule has 3 rings (SSSR count). The van der Waals surface area contributed by atoms with E-state index < -0.39 is 0 Å². The van der Waals surface area contributed by atoms with Gasteiger partial charge in [0, 0.05) is 6.42 Å². The average Bonchev–Trinajstić information content (AvgIpc) is 3.16. The molecule has 0 radical (unpaired) electrons. The molecule has 3 aliphatic carbocycles. The Kier molecular flexibility index (Phi) is 15.5. The van der Waals surface area contributed by atoms with Gasteiger partial charge in [-0.2, -0.15) is 0 Å². The van der Waals surface area contributed by atoms with Gasteiger partial charge in [-0.15, -0.1) is 12.8 Å². The summed E-state index contributed by atoms with van der Waals surface area (Å²) in [6.45, 7) is 18.0. The SMILES string of the molecule is C#C.CC.CCC.CCCC1CC(CC=O)C(C)(CCC)C2CCC3C(C)CCC3C12. The van der Waals surface area contributed by atoms with Crippen molar-refractivity contribution in [1.82, 2.24) is 0 Å². The largest absolute Gasteiger partial charge is 0.303 e. The fraction of sp³-hybridized carbons (Fsp3) is 0.900. The first kappa shape index (κ1) is 30.2. The standard InChI is InChI=1S/C23H40O.C3H8.C2H6.C2H2/c1-5-7-17-15-18(12-14-24)23(4,13-6-2)21-11-10-19-16(3)8-9-20(19)22(17)21;1-3-2;2*1-2/h14,16-22H,5-13,15H2,1-4H3;3H2,1-2H3;1-2H3;1-2H. The molecular weight excluding hydrogens is 376 g/mol. The first-order chi connectivity index (χ1) is 15.0. The lowest BCUT2D eigenvalue weighted by Crippen LogP contribution is -2.52. The molecule has 3 saturated carbocycles. The molecule has 0 heterocycles. The topological polar surface area (TPSA) is 17.1 Å². The summed E-state index contributed by atoms with van der Waals surface area (Å²) in [4.78, 5) is 11.4. The number of aldehydes is 1. The van der Waals surface area contributed by atoms with Crippen LogP contribution >= 0.6 is 0 Å². The Labute approximate surface area is 196 Å². The summed E-state index contributed by atoms with van der Waals surface area (Å²) in [5.41, 5.74) is 0.418. The first-order valence-corrected chi connectivity index (χ1v) is 13.7. The van der Waals surface area contributed by atoms with Crippen LogP contribution in [0.2, 0.25) is 0 Å². The summed E-state index contributed by atoms with van der Waals surface area (Å²) in [7, 11) is 0. The molecule has 182 valence electrons. The van der Waals surface area contributed by atoms with Crippen molar-refractivity contribution in [3.63, 3.8) is 0 Å². The van der Waals surface area contributed by atoms with Gasteiger partial charge in [-0.05, 0) is 78.9 Å². The molecule has 0 aliphatic heterocycles. The van der Waals surface area contributed by atoms with Gasteiger partial charge < -0.3 is 4.79 Å². The predicted molar refractivity (Wildman–Crippen MR) is 139 cm³/mol. The van der Waals surface area contributed by atoms with Crippen LogP contribution in [0.15, 0.2) is 0 Å². The lowest BCUT2D eigenvalue weighted by Gasteiger charge is -2.59. The molecule has 0 aromatic heterocycles. The van der Waals surface area contributed by atoms with Crippen molar-refractivity contribution in [1.29, 1.82) is 0 Å². The van der Waals surface area contributed by atoms with E-state index >= 15 is 0 Å². The number of terminal acetylenes is 1. The quantitative estimate of drug-likeness (QED) is 0.302. The molecule has 0 spiro atoms. The first-order valence-electron chi connectivity index (χ1n) is 13.7. The molecule has 0 aromatic rings. The second-order valence-corrected chi connectivity index (χ2v) is 10.5.